The van der Waals surface area contributed by atoms with E-state index in [-0.39, 0.29) is 32.0 Å². The van der Waals surface area contributed by atoms with Gasteiger partial charge < -0.3 is 18.9 Å². The molecule has 0 amide bonds. The molecule has 0 aromatic carbocycles. The topological polar surface area (TPSA) is 108 Å². The van der Waals surface area contributed by atoms with Gasteiger partial charge in [-0.3, -0.25) is 18.6 Å². The lowest BCUT2D eigenvalue weighted by molar-refractivity contribution is -0.870. The van der Waals surface area contributed by atoms with Gasteiger partial charge in [-0.05, 0) is 135 Å². The molecule has 0 fully saturated rings. The average Bonchev–Trinajstić information content (AvgIpc) is 1.98. The van der Waals surface area contributed by atoms with Crippen molar-refractivity contribution in [3.05, 3.63) is 170 Å². The number of allylic oxidation sites excluding steroid dienone is 28. The standard InChI is InChI=1S/C86H144NO8P/c1-6-8-10-12-14-16-18-20-22-24-26-28-30-32-34-36-38-40-41-42-43-44-45-47-49-51-53-55-57-59-61-63-65-67-69-71-73-75-77-79-86(89)95-84(83-94-96(90,91)93-81-80-87(3,4)5)82-92-85(88)78-76-74-72-70-68-66-64-62-60-58-56-54-52-50-48-46-39-37-35-33-31-29-27-25-23-21-19-17-15-13-11-9-7-2/h8,10,14,16,19-22,25-28,32,34,38,40,42-43,45,47,51,53,57,59,63,65,69,71,84H,6-7,9,11-13,15,17-18,23-24,29-31,33,35-37,39,41,44,46,48-50,52,54-56,58,60-62,64,66-68,70,72-83H2,1-5H3/p+1/b10-8-,16-14-,21-19-,22-20-,27-25-,28-26-,34-32-,40-38-,43-42-,47-45-,53-51-,59-57-,65-63-,71-69-. The summed E-state index contributed by atoms with van der Waals surface area (Å²) in [6.45, 7) is 4.27. The molecule has 0 saturated carbocycles. The lowest BCUT2D eigenvalue weighted by Gasteiger charge is -2.24. The van der Waals surface area contributed by atoms with Crippen LogP contribution in [0.2, 0.25) is 0 Å². The van der Waals surface area contributed by atoms with Crippen LogP contribution < -0.4 is 0 Å². The second-order valence-electron chi connectivity index (χ2n) is 26.7. The number of hydrogen-bond donors (Lipinski definition) is 1. The Kier molecular flexibility index (Phi) is 71.0. The van der Waals surface area contributed by atoms with E-state index in [1.165, 1.54) is 161 Å². The monoisotopic (exact) mass is 1350 g/mol. The number of phosphoric acid groups is 1. The molecule has 546 valence electrons. The van der Waals surface area contributed by atoms with Crippen LogP contribution in [-0.4, -0.2) is 74.9 Å². The largest absolute Gasteiger partial charge is 0.472 e. The van der Waals surface area contributed by atoms with Crippen molar-refractivity contribution in [3.8, 4) is 0 Å². The van der Waals surface area contributed by atoms with E-state index in [0.29, 0.717) is 17.4 Å². The molecule has 1 N–H and O–H groups in total. The highest BCUT2D eigenvalue weighted by molar-refractivity contribution is 7.47. The normalized spacial score (nSPS) is 14.0. The van der Waals surface area contributed by atoms with Crippen molar-refractivity contribution in [1.82, 2.24) is 0 Å². The molecule has 0 radical (unpaired) electrons. The molecule has 0 heterocycles. The molecule has 2 unspecified atom stereocenters. The van der Waals surface area contributed by atoms with Crippen molar-refractivity contribution in [1.29, 1.82) is 0 Å². The van der Waals surface area contributed by atoms with Gasteiger partial charge in [-0.1, -0.05) is 332 Å². The van der Waals surface area contributed by atoms with Crippen molar-refractivity contribution in [2.75, 3.05) is 47.5 Å². The maximum atomic E-state index is 12.9. The zero-order valence-corrected chi connectivity index (χ0v) is 63.2. The molecular weight excluding hydrogens is 1210 g/mol. The van der Waals surface area contributed by atoms with Crippen molar-refractivity contribution in [2.24, 2.45) is 0 Å². The number of phosphoric ester groups is 1. The van der Waals surface area contributed by atoms with Crippen LogP contribution in [0.4, 0.5) is 0 Å². The van der Waals surface area contributed by atoms with Crippen molar-refractivity contribution >= 4 is 19.8 Å². The molecule has 2 atom stereocenters. The SMILES string of the molecule is CC/C=C\C/C=C\C/C=C\C/C=C\C/C=C\C/C=C\C/C=C\C/C=C\C/C=C\C/C=C\C/C=C\C/C=C\CCCCC(=O)OC(COC(=O)CCCCCCCCCCCCCCCCCCCCCCC/C=C\C/C=C\CCCCCCC)COP(=O)(O)OCC[N+](C)(C)C. The summed E-state index contributed by atoms with van der Waals surface area (Å²) in [5.41, 5.74) is 0. The third-order valence-corrected chi connectivity index (χ3v) is 17.2. The summed E-state index contributed by atoms with van der Waals surface area (Å²) < 4.78 is 34.7. The highest BCUT2D eigenvalue weighted by Gasteiger charge is 2.27. The number of nitrogens with zero attached hydrogens (tertiary/aromatic N) is 1. The first-order chi connectivity index (χ1) is 47.0. The number of rotatable bonds is 70. The minimum atomic E-state index is -4.42. The second-order valence-corrected chi connectivity index (χ2v) is 28.1. The maximum Gasteiger partial charge on any atom is 0.472 e. The first-order valence-electron chi connectivity index (χ1n) is 38.9. The van der Waals surface area contributed by atoms with Gasteiger partial charge in [-0.25, -0.2) is 4.57 Å². The summed E-state index contributed by atoms with van der Waals surface area (Å²) in [7, 11) is 1.43. The zero-order chi connectivity index (χ0) is 69.7. The Bertz CT molecular complexity index is 2230. The molecule has 0 saturated heterocycles. The molecule has 0 bridgehead atoms. The Labute approximate surface area is 591 Å². The van der Waals surface area contributed by atoms with E-state index in [9.17, 15) is 19.0 Å². The smallest absolute Gasteiger partial charge is 0.462 e. The number of carbonyl (C=O) groups excluding carboxylic acids is 2. The number of esters is 2. The fraction of sp³-hybridized carbons (Fsp3) is 0.651. The van der Waals surface area contributed by atoms with E-state index in [2.05, 4.69) is 184 Å². The predicted octanol–water partition coefficient (Wildman–Crippen LogP) is 26.1. The fourth-order valence-electron chi connectivity index (χ4n) is 10.3. The molecule has 0 spiro atoms. The molecule has 0 aliphatic heterocycles. The van der Waals surface area contributed by atoms with Crippen LogP contribution in [0.3, 0.4) is 0 Å². The van der Waals surface area contributed by atoms with E-state index in [0.717, 1.165) is 116 Å². The Morgan fingerprint density at radius 1 is 0.333 bits per heavy atom. The van der Waals surface area contributed by atoms with Crippen LogP contribution in [0.25, 0.3) is 0 Å². The van der Waals surface area contributed by atoms with Crippen molar-refractivity contribution in [3.63, 3.8) is 0 Å². The number of quaternary nitrogens is 1. The lowest BCUT2D eigenvalue weighted by Crippen LogP contribution is -2.37. The number of carbonyl (C=O) groups is 2. The van der Waals surface area contributed by atoms with Gasteiger partial charge in [0.2, 0.25) is 0 Å². The highest BCUT2D eigenvalue weighted by Crippen LogP contribution is 2.43. The molecule has 0 rings (SSSR count). The van der Waals surface area contributed by atoms with Gasteiger partial charge in [0, 0.05) is 12.8 Å². The molecule has 9 nitrogen and oxygen atoms in total. The van der Waals surface area contributed by atoms with Gasteiger partial charge in [0.25, 0.3) is 0 Å². The first kappa shape index (κ1) is 91.4. The molecule has 0 aromatic heterocycles. The molecule has 0 aliphatic carbocycles. The van der Waals surface area contributed by atoms with Gasteiger partial charge >= 0.3 is 19.8 Å². The van der Waals surface area contributed by atoms with E-state index in [1.807, 2.05) is 21.1 Å². The Morgan fingerprint density at radius 3 is 0.906 bits per heavy atom. The van der Waals surface area contributed by atoms with E-state index in [4.69, 9.17) is 18.5 Å². The van der Waals surface area contributed by atoms with Gasteiger partial charge in [0.05, 0.1) is 27.7 Å². The number of unbranched alkanes of at least 4 members (excludes halogenated alkanes) is 28. The third-order valence-electron chi connectivity index (χ3n) is 16.2. The Morgan fingerprint density at radius 2 is 0.594 bits per heavy atom. The van der Waals surface area contributed by atoms with Crippen LogP contribution in [0.5, 0.6) is 0 Å². The molecular formula is C86H145NO8P+. The second kappa shape index (κ2) is 74.6. The zero-order valence-electron chi connectivity index (χ0n) is 62.3. The maximum absolute atomic E-state index is 12.9. The molecule has 0 aliphatic rings. The van der Waals surface area contributed by atoms with Crippen molar-refractivity contribution in [2.45, 2.75) is 315 Å². The summed E-state index contributed by atoms with van der Waals surface area (Å²) >= 11 is 0. The predicted molar refractivity (Wildman–Crippen MR) is 417 cm³/mol. The van der Waals surface area contributed by atoms with E-state index >= 15 is 0 Å². The average molecular weight is 1350 g/mol. The van der Waals surface area contributed by atoms with Gasteiger partial charge in [0.1, 0.15) is 19.8 Å². The first-order valence-corrected chi connectivity index (χ1v) is 40.4. The number of likely N-dealkylation sites (N-methyl/N-ethyl adjacent to an activating group) is 1. The Hall–Kier alpha value is -4.63. The fourth-order valence-corrected chi connectivity index (χ4v) is 11.1. The minimum absolute atomic E-state index is 0.0156. The summed E-state index contributed by atoms with van der Waals surface area (Å²) in [5, 5.41) is 0. The van der Waals surface area contributed by atoms with Crippen LogP contribution in [0.1, 0.15) is 309 Å². The summed E-state index contributed by atoms with van der Waals surface area (Å²) in [5.74, 6) is -0.850. The lowest BCUT2D eigenvalue weighted by atomic mass is 10.0. The van der Waals surface area contributed by atoms with Gasteiger partial charge in [-0.2, -0.15) is 0 Å². The van der Waals surface area contributed by atoms with Crippen molar-refractivity contribution < 1.29 is 42.1 Å². The summed E-state index contributed by atoms with van der Waals surface area (Å²) in [6, 6.07) is 0. The van der Waals surface area contributed by atoms with E-state index in [1.54, 1.807) is 0 Å². The molecule has 10 heteroatoms. The van der Waals surface area contributed by atoms with Crippen LogP contribution >= 0.6 is 7.82 Å². The van der Waals surface area contributed by atoms with Gasteiger partial charge in [0.15, 0.2) is 6.10 Å². The molecule has 96 heavy (non-hydrogen) atoms. The Balaban J connectivity index is 4.13. The highest BCUT2D eigenvalue weighted by atomic mass is 31.2. The van der Waals surface area contributed by atoms with Crippen LogP contribution in [0.15, 0.2) is 170 Å². The number of ether oxygens (including phenoxy) is 2. The van der Waals surface area contributed by atoms with E-state index < -0.39 is 26.5 Å². The summed E-state index contributed by atoms with van der Waals surface area (Å²) in [4.78, 5) is 35.9. The quantitative estimate of drug-likeness (QED) is 0.0211. The van der Waals surface area contributed by atoms with Crippen LogP contribution in [-0.2, 0) is 32.7 Å². The van der Waals surface area contributed by atoms with Crippen LogP contribution in [0, 0.1) is 0 Å². The third kappa shape index (κ3) is 78.4. The molecule has 0 aromatic rings. The summed E-state index contributed by atoms with van der Waals surface area (Å²) in [6.07, 6.45) is 113. The number of hydrogen-bond acceptors (Lipinski definition) is 7. The minimum Gasteiger partial charge on any atom is -0.462 e. The van der Waals surface area contributed by atoms with Gasteiger partial charge in [-0.15, -0.1) is 0 Å².